The monoisotopic (exact) mass is 427 g/mol. The topological polar surface area (TPSA) is 47.0 Å². The standard InChI is InChI=1S/C20H14F5NO2S/c1-11-16(12-5-9-15(10-6-12)29(2,27)28)17(13-3-7-14(21)8-4-13)18(20(23,24)25)26-19(11)22/h3-10H,1-2H3. The van der Waals surface area contributed by atoms with E-state index in [-0.39, 0.29) is 27.1 Å². The van der Waals surface area contributed by atoms with Gasteiger partial charge < -0.3 is 0 Å². The summed E-state index contributed by atoms with van der Waals surface area (Å²) in [5, 5.41) is 0. The molecule has 0 saturated heterocycles. The number of nitrogens with zero attached hydrogens (tertiary/aromatic N) is 1. The lowest BCUT2D eigenvalue weighted by Gasteiger charge is -2.19. The molecule has 0 aliphatic carbocycles. The molecule has 0 spiro atoms. The molecule has 3 rings (SSSR count). The number of sulfone groups is 1. The molecule has 3 aromatic rings. The van der Waals surface area contributed by atoms with E-state index in [2.05, 4.69) is 4.98 Å². The summed E-state index contributed by atoms with van der Waals surface area (Å²) in [6.45, 7) is 1.27. The number of alkyl halides is 3. The molecule has 0 radical (unpaired) electrons. The van der Waals surface area contributed by atoms with Crippen LogP contribution in [0.15, 0.2) is 53.4 Å². The molecule has 0 bridgehead atoms. The van der Waals surface area contributed by atoms with Crippen molar-refractivity contribution in [2.45, 2.75) is 18.0 Å². The highest BCUT2D eigenvalue weighted by Crippen LogP contribution is 2.43. The number of hydrogen-bond donors (Lipinski definition) is 0. The van der Waals surface area contributed by atoms with Gasteiger partial charge in [-0.3, -0.25) is 0 Å². The normalized spacial score (nSPS) is 12.2. The van der Waals surface area contributed by atoms with Crippen LogP contribution in [0.1, 0.15) is 11.3 Å². The van der Waals surface area contributed by atoms with E-state index in [1.807, 2.05) is 0 Å². The molecular formula is C20H14F5NO2S. The van der Waals surface area contributed by atoms with Crippen LogP contribution in [0.25, 0.3) is 22.3 Å². The van der Waals surface area contributed by atoms with E-state index in [0.717, 1.165) is 30.5 Å². The third-order valence-corrected chi connectivity index (χ3v) is 5.48. The third-order valence-electron chi connectivity index (χ3n) is 4.35. The maximum Gasteiger partial charge on any atom is 0.434 e. The molecular weight excluding hydrogens is 413 g/mol. The Labute approximate surface area is 163 Å². The van der Waals surface area contributed by atoms with E-state index in [1.165, 1.54) is 31.2 Å². The van der Waals surface area contributed by atoms with Gasteiger partial charge in [0.15, 0.2) is 15.5 Å². The lowest BCUT2D eigenvalue weighted by Crippen LogP contribution is -2.14. The van der Waals surface area contributed by atoms with Crippen molar-refractivity contribution in [3.63, 3.8) is 0 Å². The number of hydrogen-bond acceptors (Lipinski definition) is 3. The number of benzene rings is 2. The highest BCUT2D eigenvalue weighted by molar-refractivity contribution is 7.90. The quantitative estimate of drug-likeness (QED) is 0.414. The van der Waals surface area contributed by atoms with E-state index in [1.54, 1.807) is 0 Å². The minimum Gasteiger partial charge on any atom is -0.224 e. The van der Waals surface area contributed by atoms with Crippen LogP contribution in [0.2, 0.25) is 0 Å². The summed E-state index contributed by atoms with van der Waals surface area (Å²) in [4.78, 5) is 3.07. The Morgan fingerprint density at radius 1 is 0.828 bits per heavy atom. The van der Waals surface area contributed by atoms with Gasteiger partial charge >= 0.3 is 6.18 Å². The van der Waals surface area contributed by atoms with Gasteiger partial charge in [-0.1, -0.05) is 24.3 Å². The second kappa shape index (κ2) is 7.22. The molecule has 0 N–H and O–H groups in total. The van der Waals surface area contributed by atoms with Crippen molar-refractivity contribution in [3.05, 3.63) is 71.6 Å². The number of pyridine rings is 1. The Bertz CT molecular complexity index is 1170. The van der Waals surface area contributed by atoms with Crippen molar-refractivity contribution >= 4 is 9.84 Å². The Morgan fingerprint density at radius 2 is 1.31 bits per heavy atom. The van der Waals surface area contributed by atoms with Crippen molar-refractivity contribution in [1.29, 1.82) is 0 Å². The number of aromatic nitrogens is 1. The first kappa shape index (κ1) is 20.9. The summed E-state index contributed by atoms with van der Waals surface area (Å²) < 4.78 is 91.9. The first-order valence-electron chi connectivity index (χ1n) is 8.23. The molecule has 0 aliphatic rings. The van der Waals surface area contributed by atoms with Gasteiger partial charge in [0.25, 0.3) is 0 Å². The zero-order valence-electron chi connectivity index (χ0n) is 15.2. The zero-order chi connectivity index (χ0) is 21.6. The van der Waals surface area contributed by atoms with Crippen molar-refractivity contribution in [3.8, 4) is 22.3 Å². The van der Waals surface area contributed by atoms with Crippen LogP contribution in [0, 0.1) is 18.7 Å². The van der Waals surface area contributed by atoms with Gasteiger partial charge in [-0.25, -0.2) is 17.8 Å². The lowest BCUT2D eigenvalue weighted by atomic mass is 9.90. The van der Waals surface area contributed by atoms with Gasteiger partial charge in [0, 0.05) is 17.4 Å². The largest absolute Gasteiger partial charge is 0.434 e. The first-order chi connectivity index (χ1) is 13.4. The molecule has 0 aliphatic heterocycles. The highest BCUT2D eigenvalue weighted by atomic mass is 32.2. The Balaban J connectivity index is 2.39. The SMILES string of the molecule is Cc1c(F)nc(C(F)(F)F)c(-c2ccc(F)cc2)c1-c1ccc(S(C)(=O)=O)cc1. The Hall–Kier alpha value is -2.81. The van der Waals surface area contributed by atoms with E-state index in [0.29, 0.717) is 0 Å². The molecule has 0 saturated carbocycles. The minimum absolute atomic E-state index is 0.00323. The van der Waals surface area contributed by atoms with E-state index in [9.17, 15) is 30.4 Å². The molecule has 0 fully saturated rings. The molecule has 0 atom stereocenters. The average molecular weight is 427 g/mol. The van der Waals surface area contributed by atoms with Crippen LogP contribution in [-0.4, -0.2) is 19.7 Å². The predicted molar refractivity (Wildman–Crippen MR) is 97.9 cm³/mol. The van der Waals surface area contributed by atoms with Gasteiger partial charge in [0.2, 0.25) is 5.95 Å². The van der Waals surface area contributed by atoms with Gasteiger partial charge in [-0.05, 0) is 47.9 Å². The molecule has 1 heterocycles. The van der Waals surface area contributed by atoms with Crippen LogP contribution < -0.4 is 0 Å². The van der Waals surface area contributed by atoms with E-state index >= 15 is 0 Å². The van der Waals surface area contributed by atoms with E-state index < -0.39 is 39.0 Å². The zero-order valence-corrected chi connectivity index (χ0v) is 16.0. The summed E-state index contributed by atoms with van der Waals surface area (Å²) in [7, 11) is -3.53. The fraction of sp³-hybridized carbons (Fsp3) is 0.150. The van der Waals surface area contributed by atoms with Crippen molar-refractivity contribution in [2.75, 3.05) is 6.26 Å². The van der Waals surface area contributed by atoms with Gasteiger partial charge in [-0.2, -0.15) is 17.6 Å². The highest BCUT2D eigenvalue weighted by Gasteiger charge is 2.38. The van der Waals surface area contributed by atoms with Gasteiger partial charge in [0.1, 0.15) is 5.82 Å². The maximum absolute atomic E-state index is 14.3. The van der Waals surface area contributed by atoms with Crippen LogP contribution in [0.3, 0.4) is 0 Å². The molecule has 2 aromatic carbocycles. The van der Waals surface area contributed by atoms with Crippen LogP contribution in [0.5, 0.6) is 0 Å². The lowest BCUT2D eigenvalue weighted by molar-refractivity contribution is -0.141. The van der Waals surface area contributed by atoms with E-state index in [4.69, 9.17) is 0 Å². The predicted octanol–water partition coefficient (Wildman–Crippen LogP) is 5.42. The van der Waals surface area contributed by atoms with Crippen molar-refractivity contribution in [1.82, 2.24) is 4.98 Å². The van der Waals surface area contributed by atoms with Crippen LogP contribution in [0.4, 0.5) is 22.0 Å². The molecule has 29 heavy (non-hydrogen) atoms. The van der Waals surface area contributed by atoms with Crippen molar-refractivity contribution < 1.29 is 30.4 Å². The maximum atomic E-state index is 14.3. The molecule has 1 aromatic heterocycles. The third kappa shape index (κ3) is 4.14. The van der Waals surface area contributed by atoms with Gasteiger partial charge in [0.05, 0.1) is 4.90 Å². The Kier molecular flexibility index (Phi) is 5.20. The first-order valence-corrected chi connectivity index (χ1v) is 10.1. The average Bonchev–Trinajstić information content (AvgIpc) is 2.63. The summed E-state index contributed by atoms with van der Waals surface area (Å²) in [6.07, 6.45) is -3.98. The Morgan fingerprint density at radius 3 is 1.79 bits per heavy atom. The van der Waals surface area contributed by atoms with Crippen LogP contribution >= 0.6 is 0 Å². The fourth-order valence-electron chi connectivity index (χ4n) is 2.98. The molecule has 0 unspecified atom stereocenters. The summed E-state index contributed by atoms with van der Waals surface area (Å²) in [5.74, 6) is -1.95. The van der Waals surface area contributed by atoms with Crippen LogP contribution in [-0.2, 0) is 16.0 Å². The second-order valence-electron chi connectivity index (χ2n) is 6.43. The fourth-order valence-corrected chi connectivity index (χ4v) is 3.61. The summed E-state index contributed by atoms with van der Waals surface area (Å²) >= 11 is 0. The van der Waals surface area contributed by atoms with Gasteiger partial charge in [-0.15, -0.1) is 0 Å². The number of rotatable bonds is 3. The summed E-state index contributed by atoms with van der Waals surface area (Å²) in [6, 6.07) is 9.32. The van der Waals surface area contributed by atoms with Crippen molar-refractivity contribution in [2.24, 2.45) is 0 Å². The smallest absolute Gasteiger partial charge is 0.224 e. The molecule has 3 nitrogen and oxygen atoms in total. The molecule has 0 amide bonds. The number of halogens is 5. The minimum atomic E-state index is -4.97. The molecule has 152 valence electrons. The second-order valence-corrected chi connectivity index (χ2v) is 8.44. The molecule has 9 heteroatoms. The summed E-state index contributed by atoms with van der Waals surface area (Å²) in [5.41, 5.74) is -1.95.